The van der Waals surface area contributed by atoms with Crippen molar-refractivity contribution in [3.05, 3.63) is 73.3 Å². The highest BCUT2D eigenvalue weighted by molar-refractivity contribution is 14.1. The molecule has 1 N–H and O–H groups in total. The van der Waals surface area contributed by atoms with E-state index in [1.54, 1.807) is 18.2 Å². The number of amides is 1. The second-order valence-corrected chi connectivity index (χ2v) is 6.48. The van der Waals surface area contributed by atoms with Gasteiger partial charge in [-0.2, -0.15) is 5.10 Å². The van der Waals surface area contributed by atoms with Crippen LogP contribution in [0.3, 0.4) is 0 Å². The summed E-state index contributed by atoms with van der Waals surface area (Å²) < 4.78 is 2.06. The lowest BCUT2D eigenvalue weighted by Gasteiger charge is -2.12. The summed E-state index contributed by atoms with van der Waals surface area (Å²) in [6.07, 6.45) is 2.85. The molecule has 1 heterocycles. The van der Waals surface area contributed by atoms with Crippen LogP contribution in [0, 0.1) is 13.7 Å². The first kappa shape index (κ1) is 17.3. The van der Waals surface area contributed by atoms with Crippen LogP contribution < -0.4 is 5.32 Å². The summed E-state index contributed by atoms with van der Waals surface area (Å²) in [6, 6.07) is 9.01. The van der Waals surface area contributed by atoms with Crippen molar-refractivity contribution in [1.29, 1.82) is 0 Å². The molecule has 8 nitrogen and oxygen atoms in total. The summed E-state index contributed by atoms with van der Waals surface area (Å²) in [5, 5.41) is 18.1. The Morgan fingerprint density at radius 2 is 2.08 bits per heavy atom. The number of carbonyl (C=O) groups excluding carboxylic acids is 1. The maximum absolute atomic E-state index is 12.6. The van der Waals surface area contributed by atoms with Crippen molar-refractivity contribution >= 4 is 51.5 Å². The van der Waals surface area contributed by atoms with Crippen molar-refractivity contribution in [2.24, 2.45) is 0 Å². The van der Waals surface area contributed by atoms with Crippen LogP contribution in [0.1, 0.15) is 10.4 Å². The number of aromatic nitrogens is 3. The average molecular weight is 470 g/mol. The van der Waals surface area contributed by atoms with Crippen molar-refractivity contribution < 1.29 is 9.72 Å². The molecular formula is C15H9ClIN5O3. The molecule has 10 heteroatoms. The SMILES string of the molecule is O=C(Nc1cc(Cl)ccc1-n1cncn1)c1cc([N+](=O)[O-])ccc1I. The Balaban J connectivity index is 1.98. The van der Waals surface area contributed by atoms with E-state index in [2.05, 4.69) is 15.4 Å². The Kier molecular flexibility index (Phi) is 4.95. The quantitative estimate of drug-likeness (QED) is 0.357. The van der Waals surface area contributed by atoms with Gasteiger partial charge >= 0.3 is 0 Å². The summed E-state index contributed by atoms with van der Waals surface area (Å²) in [7, 11) is 0. The molecule has 0 bridgehead atoms. The van der Waals surface area contributed by atoms with E-state index < -0.39 is 10.8 Å². The van der Waals surface area contributed by atoms with Gasteiger partial charge in [-0.3, -0.25) is 14.9 Å². The van der Waals surface area contributed by atoms with Gasteiger partial charge in [0.05, 0.1) is 21.9 Å². The molecule has 0 unspecified atom stereocenters. The largest absolute Gasteiger partial charge is 0.320 e. The van der Waals surface area contributed by atoms with Gasteiger partial charge in [-0.05, 0) is 46.9 Å². The molecule has 0 atom stereocenters. The van der Waals surface area contributed by atoms with Gasteiger partial charge in [0.25, 0.3) is 11.6 Å². The zero-order valence-corrected chi connectivity index (χ0v) is 15.3. The molecule has 1 amide bonds. The second kappa shape index (κ2) is 7.15. The first-order chi connectivity index (χ1) is 12.0. The summed E-state index contributed by atoms with van der Waals surface area (Å²) in [4.78, 5) is 26.9. The number of halogens is 2. The monoisotopic (exact) mass is 469 g/mol. The number of hydrogen-bond donors (Lipinski definition) is 1. The van der Waals surface area contributed by atoms with Gasteiger partial charge in [0.2, 0.25) is 0 Å². The van der Waals surface area contributed by atoms with Crippen LogP contribution in [-0.2, 0) is 0 Å². The lowest BCUT2D eigenvalue weighted by atomic mass is 10.1. The molecule has 25 heavy (non-hydrogen) atoms. The van der Waals surface area contributed by atoms with Crippen LogP contribution in [0.15, 0.2) is 49.1 Å². The van der Waals surface area contributed by atoms with E-state index in [1.165, 1.54) is 35.5 Å². The highest BCUT2D eigenvalue weighted by Gasteiger charge is 2.17. The van der Waals surface area contributed by atoms with Crippen LogP contribution in [0.5, 0.6) is 0 Å². The minimum Gasteiger partial charge on any atom is -0.320 e. The zero-order valence-electron chi connectivity index (χ0n) is 12.4. The topological polar surface area (TPSA) is 103 Å². The van der Waals surface area contributed by atoms with Crippen LogP contribution >= 0.6 is 34.2 Å². The van der Waals surface area contributed by atoms with Crippen molar-refractivity contribution in [3.63, 3.8) is 0 Å². The Labute approximate surface area is 160 Å². The third-order valence-electron chi connectivity index (χ3n) is 3.28. The molecule has 0 aliphatic carbocycles. The number of benzene rings is 2. The fraction of sp³-hybridized carbons (Fsp3) is 0. The van der Waals surface area contributed by atoms with Crippen molar-refractivity contribution in [1.82, 2.24) is 14.8 Å². The first-order valence-electron chi connectivity index (χ1n) is 6.85. The molecule has 2 aromatic carbocycles. The van der Waals surface area contributed by atoms with E-state index in [0.29, 0.717) is 20.0 Å². The number of non-ortho nitro benzene ring substituents is 1. The van der Waals surface area contributed by atoms with Crippen LogP contribution in [0.25, 0.3) is 5.69 Å². The molecule has 0 saturated heterocycles. The van der Waals surface area contributed by atoms with Gasteiger partial charge in [-0.25, -0.2) is 9.67 Å². The molecule has 0 spiro atoms. The number of anilines is 1. The summed E-state index contributed by atoms with van der Waals surface area (Å²) >= 11 is 7.97. The van der Waals surface area contributed by atoms with E-state index in [-0.39, 0.29) is 11.3 Å². The van der Waals surface area contributed by atoms with E-state index in [4.69, 9.17) is 11.6 Å². The molecule has 3 rings (SSSR count). The van der Waals surface area contributed by atoms with Crippen LogP contribution in [-0.4, -0.2) is 25.6 Å². The van der Waals surface area contributed by atoms with E-state index in [0.717, 1.165) is 0 Å². The molecule has 126 valence electrons. The van der Waals surface area contributed by atoms with Gasteiger partial charge in [0, 0.05) is 20.7 Å². The highest BCUT2D eigenvalue weighted by Crippen LogP contribution is 2.26. The number of nitrogens with zero attached hydrogens (tertiary/aromatic N) is 4. The second-order valence-electron chi connectivity index (χ2n) is 4.88. The zero-order chi connectivity index (χ0) is 18.0. The molecule has 0 fully saturated rings. The molecule has 0 saturated carbocycles. The van der Waals surface area contributed by atoms with Crippen molar-refractivity contribution in [3.8, 4) is 5.69 Å². The summed E-state index contributed by atoms with van der Waals surface area (Å²) in [6.45, 7) is 0. The van der Waals surface area contributed by atoms with Crippen LogP contribution in [0.4, 0.5) is 11.4 Å². The average Bonchev–Trinajstić information content (AvgIpc) is 3.09. The van der Waals surface area contributed by atoms with Gasteiger partial charge < -0.3 is 5.32 Å². The Morgan fingerprint density at radius 1 is 1.28 bits per heavy atom. The first-order valence-corrected chi connectivity index (χ1v) is 8.31. The number of rotatable bonds is 4. The molecule has 0 aliphatic heterocycles. The predicted octanol–water partition coefficient (Wildman–Crippen LogP) is 3.69. The highest BCUT2D eigenvalue weighted by atomic mass is 127. The third-order valence-corrected chi connectivity index (χ3v) is 4.45. The predicted molar refractivity (Wildman–Crippen MR) is 100 cm³/mol. The maximum atomic E-state index is 12.6. The summed E-state index contributed by atoms with van der Waals surface area (Å²) in [5.74, 6) is -0.489. The van der Waals surface area contributed by atoms with E-state index >= 15 is 0 Å². The summed E-state index contributed by atoms with van der Waals surface area (Å²) in [5.41, 5.74) is 1.01. The number of nitro benzene ring substituents is 1. The normalized spacial score (nSPS) is 10.5. The number of nitrogens with one attached hydrogen (secondary N) is 1. The van der Waals surface area contributed by atoms with E-state index in [1.807, 2.05) is 22.6 Å². The fourth-order valence-electron chi connectivity index (χ4n) is 2.13. The van der Waals surface area contributed by atoms with Crippen molar-refractivity contribution in [2.45, 2.75) is 0 Å². The minimum absolute atomic E-state index is 0.159. The number of hydrogen-bond acceptors (Lipinski definition) is 5. The fourth-order valence-corrected chi connectivity index (χ4v) is 2.88. The lowest BCUT2D eigenvalue weighted by molar-refractivity contribution is -0.384. The van der Waals surface area contributed by atoms with Crippen LogP contribution in [0.2, 0.25) is 5.02 Å². The third kappa shape index (κ3) is 3.77. The van der Waals surface area contributed by atoms with Crippen molar-refractivity contribution in [2.75, 3.05) is 5.32 Å². The minimum atomic E-state index is -0.549. The molecule has 0 aliphatic rings. The maximum Gasteiger partial charge on any atom is 0.270 e. The molecule has 3 aromatic rings. The molecular weight excluding hydrogens is 461 g/mol. The van der Waals surface area contributed by atoms with Gasteiger partial charge in [-0.1, -0.05) is 11.6 Å². The molecule has 0 radical (unpaired) electrons. The number of nitro groups is 1. The Hall–Kier alpha value is -2.53. The number of carbonyl (C=O) groups is 1. The lowest BCUT2D eigenvalue weighted by Crippen LogP contribution is -2.15. The Morgan fingerprint density at radius 3 is 2.76 bits per heavy atom. The van der Waals surface area contributed by atoms with E-state index in [9.17, 15) is 14.9 Å². The smallest absolute Gasteiger partial charge is 0.270 e. The standard InChI is InChI=1S/C15H9ClIN5O3/c16-9-1-4-14(21-8-18-7-19-21)13(5-9)20-15(23)11-6-10(22(24)25)2-3-12(11)17/h1-8H,(H,20,23). The van der Waals surface area contributed by atoms with Gasteiger partial charge in [0.1, 0.15) is 12.7 Å². The Bertz CT molecular complexity index is 962. The van der Waals surface area contributed by atoms with Gasteiger partial charge in [0.15, 0.2) is 0 Å². The van der Waals surface area contributed by atoms with Gasteiger partial charge in [-0.15, -0.1) is 0 Å². The molecule has 1 aromatic heterocycles.